The van der Waals surface area contributed by atoms with Gasteiger partial charge in [0.1, 0.15) is 0 Å². The number of hydrogen-bond acceptors (Lipinski definition) is 5. The van der Waals surface area contributed by atoms with E-state index in [1.165, 1.54) is 25.7 Å². The van der Waals surface area contributed by atoms with Gasteiger partial charge in [-0.15, -0.1) is 10.2 Å². The molecule has 6 nitrogen and oxygen atoms in total. The molecular formula is C18H28N4O2. The van der Waals surface area contributed by atoms with Crippen molar-refractivity contribution in [1.29, 1.82) is 0 Å². The molecule has 3 fully saturated rings. The minimum Gasteiger partial charge on any atom is -0.424 e. The highest BCUT2D eigenvalue weighted by Gasteiger charge is 2.42. The lowest BCUT2D eigenvalue weighted by molar-refractivity contribution is -0.139. The van der Waals surface area contributed by atoms with Crippen LogP contribution < -0.4 is 0 Å². The third-order valence-electron chi connectivity index (χ3n) is 5.83. The standard InChI is InChI=1S/C18H28N4O2/c1-2-15-19-20-16(24-15)11-21-9-3-7-18(12-21)8-6-17(23)22(13-18)10-14-4-5-14/h14H,2-13H2,1H3/t18-/m0/s1. The first kappa shape index (κ1) is 16.1. The summed E-state index contributed by atoms with van der Waals surface area (Å²) in [5, 5.41) is 8.24. The van der Waals surface area contributed by atoms with Gasteiger partial charge in [-0.05, 0) is 44.6 Å². The van der Waals surface area contributed by atoms with E-state index in [0.717, 1.165) is 69.7 Å². The molecule has 3 aliphatic rings. The van der Waals surface area contributed by atoms with Crippen LogP contribution in [0.15, 0.2) is 4.42 Å². The van der Waals surface area contributed by atoms with Crippen LogP contribution in [0.5, 0.6) is 0 Å². The van der Waals surface area contributed by atoms with Crippen LogP contribution in [0, 0.1) is 11.3 Å². The van der Waals surface area contributed by atoms with Crippen LogP contribution in [0.25, 0.3) is 0 Å². The number of aryl methyl sites for hydroxylation is 1. The molecule has 1 aliphatic carbocycles. The molecular weight excluding hydrogens is 304 g/mol. The quantitative estimate of drug-likeness (QED) is 0.827. The molecule has 1 saturated carbocycles. The zero-order valence-electron chi connectivity index (χ0n) is 14.7. The van der Waals surface area contributed by atoms with E-state index in [2.05, 4.69) is 20.0 Å². The van der Waals surface area contributed by atoms with Crippen LogP contribution in [0.4, 0.5) is 0 Å². The molecule has 24 heavy (non-hydrogen) atoms. The van der Waals surface area contributed by atoms with Crippen molar-refractivity contribution in [3.63, 3.8) is 0 Å². The second-order valence-electron chi connectivity index (χ2n) is 7.97. The fraction of sp³-hybridized carbons (Fsp3) is 0.833. The Kier molecular flexibility index (Phi) is 4.33. The third kappa shape index (κ3) is 3.48. The highest BCUT2D eigenvalue weighted by molar-refractivity contribution is 5.77. The zero-order valence-corrected chi connectivity index (χ0v) is 14.7. The Bertz CT molecular complexity index is 598. The van der Waals surface area contributed by atoms with E-state index >= 15 is 0 Å². The Hall–Kier alpha value is -1.43. The van der Waals surface area contributed by atoms with Gasteiger partial charge in [0, 0.05) is 37.9 Å². The molecule has 1 amide bonds. The van der Waals surface area contributed by atoms with Crippen LogP contribution in [-0.4, -0.2) is 52.1 Å². The van der Waals surface area contributed by atoms with Gasteiger partial charge >= 0.3 is 0 Å². The Labute approximate surface area is 143 Å². The number of rotatable bonds is 5. The van der Waals surface area contributed by atoms with Crippen molar-refractivity contribution in [3.8, 4) is 0 Å². The van der Waals surface area contributed by atoms with E-state index in [9.17, 15) is 4.79 Å². The fourth-order valence-electron chi connectivity index (χ4n) is 4.35. The number of aromatic nitrogens is 2. The number of nitrogens with zero attached hydrogens (tertiary/aromatic N) is 4. The summed E-state index contributed by atoms with van der Waals surface area (Å²) in [7, 11) is 0. The van der Waals surface area contributed by atoms with Crippen molar-refractivity contribution >= 4 is 5.91 Å². The number of amides is 1. The second-order valence-corrected chi connectivity index (χ2v) is 7.97. The van der Waals surface area contributed by atoms with Crippen molar-refractivity contribution in [1.82, 2.24) is 20.0 Å². The number of piperidine rings is 2. The monoisotopic (exact) mass is 332 g/mol. The Morgan fingerprint density at radius 2 is 2.04 bits per heavy atom. The van der Waals surface area contributed by atoms with Crippen molar-refractivity contribution in [2.24, 2.45) is 11.3 Å². The van der Waals surface area contributed by atoms with Crippen LogP contribution in [0.1, 0.15) is 57.2 Å². The van der Waals surface area contributed by atoms with E-state index in [1.807, 2.05) is 6.92 Å². The first-order valence-corrected chi connectivity index (χ1v) is 9.47. The van der Waals surface area contributed by atoms with Gasteiger partial charge in [-0.3, -0.25) is 9.69 Å². The number of hydrogen-bond donors (Lipinski definition) is 0. The van der Waals surface area contributed by atoms with Gasteiger partial charge in [0.15, 0.2) is 0 Å². The largest absolute Gasteiger partial charge is 0.424 e. The second kappa shape index (κ2) is 6.47. The van der Waals surface area contributed by atoms with Gasteiger partial charge in [0.05, 0.1) is 6.54 Å². The molecule has 1 atom stereocenters. The molecule has 0 radical (unpaired) electrons. The van der Waals surface area contributed by atoms with Crippen LogP contribution >= 0.6 is 0 Å². The summed E-state index contributed by atoms with van der Waals surface area (Å²) in [6, 6.07) is 0. The fourth-order valence-corrected chi connectivity index (χ4v) is 4.35. The topological polar surface area (TPSA) is 62.5 Å². The molecule has 132 valence electrons. The van der Waals surface area contributed by atoms with Crippen molar-refractivity contribution in [3.05, 3.63) is 11.8 Å². The van der Waals surface area contributed by atoms with Gasteiger partial charge in [0.25, 0.3) is 0 Å². The van der Waals surface area contributed by atoms with Crippen LogP contribution in [-0.2, 0) is 17.8 Å². The maximum absolute atomic E-state index is 12.3. The smallest absolute Gasteiger partial charge is 0.230 e. The van der Waals surface area contributed by atoms with E-state index in [0.29, 0.717) is 5.91 Å². The number of carbonyl (C=O) groups excluding carboxylic acids is 1. The zero-order chi connectivity index (χ0) is 16.6. The summed E-state index contributed by atoms with van der Waals surface area (Å²) < 4.78 is 5.68. The van der Waals surface area contributed by atoms with Gasteiger partial charge in [0.2, 0.25) is 17.7 Å². The predicted octanol–water partition coefficient (Wildman–Crippen LogP) is 2.25. The van der Waals surface area contributed by atoms with Gasteiger partial charge in [-0.25, -0.2) is 0 Å². The first-order chi connectivity index (χ1) is 11.7. The lowest BCUT2D eigenvalue weighted by Gasteiger charge is -2.48. The van der Waals surface area contributed by atoms with E-state index < -0.39 is 0 Å². The molecule has 1 aromatic rings. The van der Waals surface area contributed by atoms with Crippen LogP contribution in [0.3, 0.4) is 0 Å². The van der Waals surface area contributed by atoms with Crippen molar-refractivity contribution in [2.75, 3.05) is 26.2 Å². The maximum atomic E-state index is 12.3. The van der Waals surface area contributed by atoms with Crippen molar-refractivity contribution in [2.45, 2.75) is 58.4 Å². The molecule has 2 aliphatic heterocycles. The predicted molar refractivity (Wildman–Crippen MR) is 89.2 cm³/mol. The third-order valence-corrected chi connectivity index (χ3v) is 5.83. The Morgan fingerprint density at radius 1 is 1.21 bits per heavy atom. The Balaban J connectivity index is 1.40. The summed E-state index contributed by atoms with van der Waals surface area (Å²) in [6.07, 6.45) is 7.59. The lowest BCUT2D eigenvalue weighted by Crippen LogP contribution is -2.54. The summed E-state index contributed by atoms with van der Waals surface area (Å²) in [6.45, 7) is 6.84. The summed E-state index contributed by atoms with van der Waals surface area (Å²) >= 11 is 0. The molecule has 0 unspecified atom stereocenters. The van der Waals surface area contributed by atoms with E-state index in [-0.39, 0.29) is 5.41 Å². The summed E-state index contributed by atoms with van der Waals surface area (Å²) in [5.41, 5.74) is 0.272. The van der Waals surface area contributed by atoms with Crippen molar-refractivity contribution < 1.29 is 9.21 Å². The maximum Gasteiger partial charge on any atom is 0.230 e. The normalized spacial score (nSPS) is 28.7. The summed E-state index contributed by atoms with van der Waals surface area (Å²) in [4.78, 5) is 16.9. The van der Waals surface area contributed by atoms with Gasteiger partial charge in [-0.1, -0.05) is 6.92 Å². The average molecular weight is 332 g/mol. The molecule has 1 aromatic heterocycles. The van der Waals surface area contributed by atoms with Gasteiger partial charge < -0.3 is 9.32 Å². The molecule has 3 heterocycles. The van der Waals surface area contributed by atoms with Crippen LogP contribution in [0.2, 0.25) is 0 Å². The molecule has 6 heteroatoms. The Morgan fingerprint density at radius 3 is 2.79 bits per heavy atom. The first-order valence-electron chi connectivity index (χ1n) is 9.47. The minimum absolute atomic E-state index is 0.272. The molecule has 4 rings (SSSR count). The highest BCUT2D eigenvalue weighted by Crippen LogP contribution is 2.40. The number of carbonyl (C=O) groups is 1. The SMILES string of the molecule is CCc1nnc(CN2CCC[C@]3(CCC(=O)N(CC4CC4)C3)C2)o1. The van der Waals surface area contributed by atoms with Gasteiger partial charge in [-0.2, -0.15) is 0 Å². The van der Waals surface area contributed by atoms with E-state index in [4.69, 9.17) is 4.42 Å². The lowest BCUT2D eigenvalue weighted by atomic mass is 9.73. The molecule has 0 aromatic carbocycles. The average Bonchev–Trinajstić information content (AvgIpc) is 3.28. The highest BCUT2D eigenvalue weighted by atomic mass is 16.4. The minimum atomic E-state index is 0.272. The van der Waals surface area contributed by atoms with E-state index in [1.54, 1.807) is 0 Å². The molecule has 0 bridgehead atoms. The summed E-state index contributed by atoms with van der Waals surface area (Å²) in [5.74, 6) is 2.59. The molecule has 2 saturated heterocycles. The molecule has 0 N–H and O–H groups in total. The molecule has 1 spiro atoms. The number of likely N-dealkylation sites (tertiary alicyclic amines) is 2.